The van der Waals surface area contributed by atoms with Crippen LogP contribution >= 0.6 is 24.0 Å². The minimum Gasteiger partial charge on any atom is -0.355 e. The van der Waals surface area contributed by atoms with Gasteiger partial charge in [-0.15, -0.1) is 24.0 Å². The molecule has 1 aromatic rings. The molecule has 0 unspecified atom stereocenters. The van der Waals surface area contributed by atoms with E-state index in [2.05, 4.69) is 52.6 Å². The fourth-order valence-corrected chi connectivity index (χ4v) is 3.01. The van der Waals surface area contributed by atoms with Crippen molar-refractivity contribution in [2.45, 2.75) is 52.1 Å². The zero-order valence-electron chi connectivity index (χ0n) is 15.5. The average molecular weight is 448 g/mol. The summed E-state index contributed by atoms with van der Waals surface area (Å²) in [6.07, 6.45) is 7.95. The van der Waals surface area contributed by atoms with Gasteiger partial charge in [-0.3, -0.25) is 14.6 Å². The van der Waals surface area contributed by atoms with E-state index < -0.39 is 0 Å². The maximum Gasteiger partial charge on any atom is 0.191 e. The highest BCUT2D eigenvalue weighted by atomic mass is 127. The van der Waals surface area contributed by atoms with Gasteiger partial charge >= 0.3 is 0 Å². The van der Waals surface area contributed by atoms with Crippen LogP contribution in [0, 0.1) is 6.92 Å². The number of aromatic nitrogens is 2. The topological polar surface area (TPSA) is 57.5 Å². The van der Waals surface area contributed by atoms with Crippen LogP contribution in [0.2, 0.25) is 0 Å². The highest BCUT2D eigenvalue weighted by molar-refractivity contribution is 14.0. The van der Waals surface area contributed by atoms with Crippen LogP contribution in [0.1, 0.15) is 38.7 Å². The molecule has 0 radical (unpaired) electrons. The van der Waals surface area contributed by atoms with E-state index in [0.717, 1.165) is 25.6 Å². The SMILES string of the molecule is CN=C(NCCn1cc(C)cn1)NCC(C)(C)N1CCCCC1.I. The molecular weight excluding hydrogens is 415 g/mol. The third-order valence-corrected chi connectivity index (χ3v) is 4.52. The Morgan fingerprint density at radius 2 is 1.96 bits per heavy atom. The number of likely N-dealkylation sites (tertiary alicyclic amines) is 1. The number of guanidine groups is 1. The lowest BCUT2D eigenvalue weighted by molar-refractivity contribution is 0.0982. The molecule has 7 heteroatoms. The molecule has 2 rings (SSSR count). The Kier molecular flexibility index (Phi) is 9.04. The first-order valence-corrected chi connectivity index (χ1v) is 8.70. The number of hydrogen-bond donors (Lipinski definition) is 2. The van der Waals surface area contributed by atoms with Crippen molar-refractivity contribution in [1.82, 2.24) is 25.3 Å². The average Bonchev–Trinajstić information content (AvgIpc) is 2.97. The van der Waals surface area contributed by atoms with Gasteiger partial charge in [-0.1, -0.05) is 6.42 Å². The molecule has 0 spiro atoms. The minimum atomic E-state index is 0. The second-order valence-corrected chi connectivity index (χ2v) is 6.99. The van der Waals surface area contributed by atoms with Crippen LogP contribution in [0.3, 0.4) is 0 Å². The zero-order chi connectivity index (χ0) is 16.7. The van der Waals surface area contributed by atoms with Crippen LogP contribution in [0.25, 0.3) is 0 Å². The van der Waals surface area contributed by atoms with Crippen molar-refractivity contribution in [2.75, 3.05) is 33.2 Å². The molecule has 24 heavy (non-hydrogen) atoms. The second-order valence-electron chi connectivity index (χ2n) is 6.99. The van der Waals surface area contributed by atoms with E-state index >= 15 is 0 Å². The van der Waals surface area contributed by atoms with Crippen LogP contribution in [0.15, 0.2) is 17.4 Å². The zero-order valence-corrected chi connectivity index (χ0v) is 17.8. The third-order valence-electron chi connectivity index (χ3n) is 4.52. The van der Waals surface area contributed by atoms with Gasteiger partial charge in [0.1, 0.15) is 0 Å². The molecule has 0 atom stereocenters. The van der Waals surface area contributed by atoms with Crippen molar-refractivity contribution in [2.24, 2.45) is 4.99 Å². The number of rotatable bonds is 6. The molecule has 0 saturated carbocycles. The van der Waals surface area contributed by atoms with Crippen LogP contribution in [0.5, 0.6) is 0 Å². The summed E-state index contributed by atoms with van der Waals surface area (Å²) in [6.45, 7) is 11.6. The summed E-state index contributed by atoms with van der Waals surface area (Å²) in [5.41, 5.74) is 1.34. The number of hydrogen-bond acceptors (Lipinski definition) is 3. The Labute approximate surface area is 163 Å². The van der Waals surface area contributed by atoms with Gasteiger partial charge in [0, 0.05) is 31.9 Å². The Bertz CT molecular complexity index is 505. The van der Waals surface area contributed by atoms with Gasteiger partial charge in [0.05, 0.1) is 12.7 Å². The van der Waals surface area contributed by atoms with Gasteiger partial charge in [-0.2, -0.15) is 5.10 Å². The Morgan fingerprint density at radius 3 is 2.54 bits per heavy atom. The molecular formula is C17H33IN6. The number of halogens is 1. The maximum absolute atomic E-state index is 4.32. The molecule has 1 aromatic heterocycles. The van der Waals surface area contributed by atoms with Crippen LogP contribution in [0.4, 0.5) is 0 Å². The summed E-state index contributed by atoms with van der Waals surface area (Å²) in [5.74, 6) is 0.860. The molecule has 0 aliphatic carbocycles. The number of nitrogens with one attached hydrogen (secondary N) is 2. The van der Waals surface area contributed by atoms with E-state index in [4.69, 9.17) is 0 Å². The molecule has 138 valence electrons. The van der Waals surface area contributed by atoms with Gasteiger partial charge in [-0.05, 0) is 52.3 Å². The van der Waals surface area contributed by atoms with E-state index in [1.54, 1.807) is 0 Å². The van der Waals surface area contributed by atoms with E-state index in [9.17, 15) is 0 Å². The van der Waals surface area contributed by atoms with Gasteiger partial charge in [0.25, 0.3) is 0 Å². The van der Waals surface area contributed by atoms with Crippen molar-refractivity contribution >= 4 is 29.9 Å². The standard InChI is InChI=1S/C17H32N6.HI/c1-15-12-21-23(13-15)11-8-19-16(18-4)20-14-17(2,3)22-9-6-5-7-10-22;/h12-13H,5-11,14H2,1-4H3,(H2,18,19,20);1H. The Balaban J connectivity index is 0.00000288. The number of piperidine rings is 1. The molecule has 0 amide bonds. The van der Waals surface area contributed by atoms with E-state index in [1.165, 1.54) is 37.9 Å². The highest BCUT2D eigenvalue weighted by Gasteiger charge is 2.27. The summed E-state index contributed by atoms with van der Waals surface area (Å²) >= 11 is 0. The van der Waals surface area contributed by atoms with Crippen LogP contribution < -0.4 is 10.6 Å². The van der Waals surface area contributed by atoms with Crippen LogP contribution in [-0.2, 0) is 6.54 Å². The first kappa shape index (κ1) is 21.2. The Morgan fingerprint density at radius 1 is 1.25 bits per heavy atom. The van der Waals surface area contributed by atoms with Gasteiger partial charge in [-0.25, -0.2) is 0 Å². The second kappa shape index (κ2) is 10.2. The van der Waals surface area contributed by atoms with E-state index in [-0.39, 0.29) is 29.5 Å². The fraction of sp³-hybridized carbons (Fsp3) is 0.765. The predicted molar refractivity (Wildman–Crippen MR) is 111 cm³/mol. The first-order chi connectivity index (χ1) is 11.0. The summed E-state index contributed by atoms with van der Waals surface area (Å²) in [6, 6.07) is 0. The number of aryl methyl sites for hydroxylation is 1. The molecule has 1 saturated heterocycles. The molecule has 1 fully saturated rings. The maximum atomic E-state index is 4.32. The Hall–Kier alpha value is -0.830. The smallest absolute Gasteiger partial charge is 0.191 e. The quantitative estimate of drug-likeness (QED) is 0.398. The molecule has 0 bridgehead atoms. The largest absolute Gasteiger partial charge is 0.355 e. The van der Waals surface area contributed by atoms with E-state index in [1.807, 2.05) is 17.9 Å². The van der Waals surface area contributed by atoms with Gasteiger partial charge in [0.2, 0.25) is 0 Å². The first-order valence-electron chi connectivity index (χ1n) is 8.70. The fourth-order valence-electron chi connectivity index (χ4n) is 3.01. The lowest BCUT2D eigenvalue weighted by Gasteiger charge is -2.41. The summed E-state index contributed by atoms with van der Waals surface area (Å²) < 4.78 is 1.95. The number of nitrogens with zero attached hydrogens (tertiary/aromatic N) is 4. The van der Waals surface area contributed by atoms with Gasteiger partial charge < -0.3 is 10.6 Å². The van der Waals surface area contributed by atoms with Crippen molar-refractivity contribution in [1.29, 1.82) is 0 Å². The summed E-state index contributed by atoms with van der Waals surface area (Å²) in [4.78, 5) is 6.91. The predicted octanol–water partition coefficient (Wildman–Crippen LogP) is 2.24. The minimum absolute atomic E-state index is 0. The van der Waals surface area contributed by atoms with Crippen molar-refractivity contribution in [3.8, 4) is 0 Å². The highest BCUT2D eigenvalue weighted by Crippen LogP contribution is 2.19. The van der Waals surface area contributed by atoms with Crippen molar-refractivity contribution in [3.63, 3.8) is 0 Å². The number of aliphatic imine (C=N–C) groups is 1. The molecule has 2 heterocycles. The monoisotopic (exact) mass is 448 g/mol. The van der Waals surface area contributed by atoms with E-state index in [0.29, 0.717) is 0 Å². The van der Waals surface area contributed by atoms with Crippen molar-refractivity contribution < 1.29 is 0 Å². The third kappa shape index (κ3) is 6.58. The summed E-state index contributed by atoms with van der Waals surface area (Å²) in [5, 5.41) is 11.1. The molecule has 0 aromatic carbocycles. The molecule has 6 nitrogen and oxygen atoms in total. The lowest BCUT2D eigenvalue weighted by Crippen LogP contribution is -2.55. The molecule has 1 aliphatic rings. The normalized spacial score (nSPS) is 16.6. The summed E-state index contributed by atoms with van der Waals surface area (Å²) in [7, 11) is 1.82. The van der Waals surface area contributed by atoms with Gasteiger partial charge in [0.15, 0.2) is 5.96 Å². The molecule has 2 N–H and O–H groups in total. The molecule has 1 aliphatic heterocycles. The van der Waals surface area contributed by atoms with Crippen molar-refractivity contribution in [3.05, 3.63) is 18.0 Å². The van der Waals surface area contributed by atoms with Crippen LogP contribution in [-0.4, -0.2) is 59.4 Å². The lowest BCUT2D eigenvalue weighted by atomic mass is 9.98.